The van der Waals surface area contributed by atoms with Gasteiger partial charge in [0.2, 0.25) is 0 Å². The standard InChI is InChI=1S/C22H19N7O2S/c1-14-3-2-4-18-17(14)10-28(9-15-5-7-16(8-6-15)29(30)31)19(27-18)11-32-22-20-21(24-12-23-20)25-13-26-22/h2-8,10,12-13,19H,9,11H2,1H3,(H,23,24,25,26). The summed E-state index contributed by atoms with van der Waals surface area (Å²) < 4.78 is 0. The van der Waals surface area contributed by atoms with Crippen LogP contribution >= 0.6 is 11.8 Å². The Labute approximate surface area is 187 Å². The van der Waals surface area contributed by atoms with Gasteiger partial charge >= 0.3 is 0 Å². The van der Waals surface area contributed by atoms with Crippen LogP contribution in [0.3, 0.4) is 0 Å². The molecular weight excluding hydrogens is 426 g/mol. The summed E-state index contributed by atoms with van der Waals surface area (Å²) in [6.07, 6.45) is 5.14. The van der Waals surface area contributed by atoms with Crippen LogP contribution in [0.15, 0.2) is 65.1 Å². The summed E-state index contributed by atoms with van der Waals surface area (Å²) in [6.45, 7) is 2.66. The molecule has 0 spiro atoms. The molecule has 1 atom stereocenters. The third-order valence-corrected chi connectivity index (χ3v) is 6.38. The number of rotatable bonds is 6. The third kappa shape index (κ3) is 3.92. The van der Waals surface area contributed by atoms with Gasteiger partial charge in [0.25, 0.3) is 5.69 Å². The average Bonchev–Trinajstić information content (AvgIpc) is 3.28. The van der Waals surface area contributed by atoms with Crippen LogP contribution in [0.5, 0.6) is 0 Å². The Bertz CT molecular complexity index is 1420. The van der Waals surface area contributed by atoms with Gasteiger partial charge in [-0.1, -0.05) is 36.0 Å². The Kier molecular flexibility index (Phi) is 5.28. The monoisotopic (exact) mass is 445 g/mol. The van der Waals surface area contributed by atoms with Crippen molar-refractivity contribution < 1.29 is 4.92 Å². The number of non-ortho nitro benzene ring substituents is 1. The van der Waals surface area contributed by atoms with E-state index in [1.165, 1.54) is 18.5 Å². The molecule has 0 saturated heterocycles. The minimum atomic E-state index is -0.386. The van der Waals surface area contributed by atoms with Crippen LogP contribution in [0, 0.1) is 17.0 Å². The predicted octanol–water partition coefficient (Wildman–Crippen LogP) is 2.56. The zero-order chi connectivity index (χ0) is 22.1. The van der Waals surface area contributed by atoms with Crippen LogP contribution in [-0.4, -0.2) is 41.7 Å². The number of nitrogens with one attached hydrogen (secondary N) is 1. The summed E-state index contributed by atoms with van der Waals surface area (Å²) in [4.78, 5) is 33.6. The smallest absolute Gasteiger partial charge is 0.269 e. The second kappa shape index (κ2) is 8.39. The zero-order valence-electron chi connectivity index (χ0n) is 17.2. The van der Waals surface area contributed by atoms with Crippen molar-refractivity contribution in [3.8, 4) is 0 Å². The van der Waals surface area contributed by atoms with Crippen molar-refractivity contribution >= 4 is 34.8 Å². The first kappa shape index (κ1) is 20.1. The van der Waals surface area contributed by atoms with Crippen molar-refractivity contribution in [2.75, 3.05) is 5.75 Å². The van der Waals surface area contributed by atoms with E-state index in [-0.39, 0.29) is 16.8 Å². The molecule has 2 aromatic heterocycles. The number of fused-ring (bicyclic) bond motifs is 2. The number of nitro groups is 1. The number of imidazole rings is 1. The highest BCUT2D eigenvalue weighted by molar-refractivity contribution is 7.99. The number of hydrogen-bond donors (Lipinski definition) is 1. The third-order valence-electron chi connectivity index (χ3n) is 5.34. The maximum absolute atomic E-state index is 11.0. The first-order chi connectivity index (χ1) is 15.6. The second-order valence-corrected chi connectivity index (χ2v) is 8.44. The predicted molar refractivity (Wildman–Crippen MR) is 121 cm³/mol. The number of aromatic nitrogens is 4. The summed E-state index contributed by atoms with van der Waals surface area (Å²) in [5.74, 6) is 0.669. The fraction of sp³-hybridized carbons (Fsp3) is 0.182. The summed E-state index contributed by atoms with van der Waals surface area (Å²) in [5, 5.41) is 13.9. The molecule has 1 N–H and O–H groups in total. The van der Waals surface area contributed by atoms with Gasteiger partial charge < -0.3 is 9.88 Å². The van der Waals surface area contributed by atoms with E-state index >= 15 is 0 Å². The highest BCUT2D eigenvalue weighted by Crippen LogP contribution is 2.25. The fourth-order valence-electron chi connectivity index (χ4n) is 3.66. The molecule has 0 amide bonds. The molecule has 0 bridgehead atoms. The molecule has 0 saturated carbocycles. The van der Waals surface area contributed by atoms with E-state index in [1.54, 1.807) is 30.2 Å². The SMILES string of the molecule is Cc1cccc2c1=CN(Cc1ccc([N+](=O)[O-])cc1)C(CSc1ncnc3nc[nH]c13)N=2. The van der Waals surface area contributed by atoms with Crippen molar-refractivity contribution in [1.29, 1.82) is 0 Å². The number of H-pyrrole nitrogens is 1. The van der Waals surface area contributed by atoms with E-state index in [4.69, 9.17) is 4.99 Å². The van der Waals surface area contributed by atoms with Crippen LogP contribution in [-0.2, 0) is 6.54 Å². The Morgan fingerprint density at radius 3 is 2.81 bits per heavy atom. The van der Waals surface area contributed by atoms with Crippen LogP contribution in [0.4, 0.5) is 5.69 Å². The molecule has 32 heavy (non-hydrogen) atoms. The Morgan fingerprint density at radius 2 is 2.00 bits per heavy atom. The van der Waals surface area contributed by atoms with E-state index in [0.717, 1.165) is 32.2 Å². The number of aromatic amines is 1. The molecule has 9 nitrogen and oxygen atoms in total. The Morgan fingerprint density at radius 1 is 1.16 bits per heavy atom. The molecule has 1 aliphatic rings. The van der Waals surface area contributed by atoms with Crippen LogP contribution in [0.2, 0.25) is 0 Å². The van der Waals surface area contributed by atoms with Gasteiger partial charge in [-0.15, -0.1) is 0 Å². The lowest BCUT2D eigenvalue weighted by molar-refractivity contribution is -0.384. The Hall–Kier alpha value is -3.79. The largest absolute Gasteiger partial charge is 0.350 e. The first-order valence-corrected chi connectivity index (χ1v) is 11.0. The average molecular weight is 446 g/mol. The molecular formula is C22H19N7O2S. The molecule has 4 aromatic rings. The number of aryl methyl sites for hydroxylation is 1. The number of hydrogen-bond acceptors (Lipinski definition) is 8. The highest BCUT2D eigenvalue weighted by Gasteiger charge is 2.20. The lowest BCUT2D eigenvalue weighted by Crippen LogP contribution is -2.43. The molecule has 3 heterocycles. The minimum Gasteiger partial charge on any atom is -0.350 e. The van der Waals surface area contributed by atoms with Gasteiger partial charge in [-0.2, -0.15) is 0 Å². The molecule has 0 fully saturated rings. The van der Waals surface area contributed by atoms with Crippen LogP contribution in [0.25, 0.3) is 17.4 Å². The van der Waals surface area contributed by atoms with E-state index in [1.807, 2.05) is 12.1 Å². The molecule has 1 unspecified atom stereocenters. The van der Waals surface area contributed by atoms with Crippen molar-refractivity contribution in [3.05, 3.63) is 86.9 Å². The summed E-state index contributed by atoms with van der Waals surface area (Å²) in [6, 6.07) is 12.8. The van der Waals surface area contributed by atoms with Crippen molar-refractivity contribution in [1.82, 2.24) is 24.8 Å². The molecule has 5 rings (SSSR count). The first-order valence-electron chi connectivity index (χ1n) is 10.00. The molecule has 160 valence electrons. The van der Waals surface area contributed by atoms with E-state index in [2.05, 4.69) is 44.0 Å². The summed E-state index contributed by atoms with van der Waals surface area (Å²) >= 11 is 1.59. The van der Waals surface area contributed by atoms with Gasteiger partial charge in [0.15, 0.2) is 5.65 Å². The van der Waals surface area contributed by atoms with Crippen LogP contribution < -0.4 is 10.6 Å². The van der Waals surface area contributed by atoms with E-state index < -0.39 is 0 Å². The lowest BCUT2D eigenvalue weighted by atomic mass is 10.1. The maximum atomic E-state index is 11.0. The van der Waals surface area contributed by atoms with Gasteiger partial charge in [0.1, 0.15) is 23.0 Å². The maximum Gasteiger partial charge on any atom is 0.269 e. The summed E-state index contributed by atoms with van der Waals surface area (Å²) in [5.41, 5.74) is 3.67. The number of nitrogens with zero attached hydrogens (tertiary/aromatic N) is 6. The molecule has 10 heteroatoms. The highest BCUT2D eigenvalue weighted by atomic mass is 32.2. The quantitative estimate of drug-likeness (QED) is 0.210. The normalized spacial score (nSPS) is 15.2. The Balaban J connectivity index is 1.45. The summed E-state index contributed by atoms with van der Waals surface area (Å²) in [7, 11) is 0. The molecule has 0 aliphatic carbocycles. The van der Waals surface area contributed by atoms with Crippen molar-refractivity contribution in [2.45, 2.75) is 24.7 Å². The lowest BCUT2D eigenvalue weighted by Gasteiger charge is -2.30. The zero-order valence-corrected chi connectivity index (χ0v) is 18.0. The number of benzene rings is 2. The minimum absolute atomic E-state index is 0.0849. The van der Waals surface area contributed by atoms with Crippen molar-refractivity contribution in [2.24, 2.45) is 4.99 Å². The van der Waals surface area contributed by atoms with E-state index in [0.29, 0.717) is 17.9 Å². The fourth-order valence-corrected chi connectivity index (χ4v) is 4.65. The van der Waals surface area contributed by atoms with Gasteiger partial charge in [0, 0.05) is 35.8 Å². The van der Waals surface area contributed by atoms with Crippen molar-refractivity contribution in [3.63, 3.8) is 0 Å². The number of nitro benzene ring substituents is 1. The van der Waals surface area contributed by atoms with Crippen LogP contribution in [0.1, 0.15) is 11.1 Å². The topological polar surface area (TPSA) is 113 Å². The molecule has 2 aromatic carbocycles. The van der Waals surface area contributed by atoms with Gasteiger partial charge in [0.05, 0.1) is 16.6 Å². The molecule has 0 radical (unpaired) electrons. The van der Waals surface area contributed by atoms with Gasteiger partial charge in [-0.05, 0) is 24.1 Å². The van der Waals surface area contributed by atoms with Gasteiger partial charge in [-0.25, -0.2) is 15.0 Å². The van der Waals surface area contributed by atoms with E-state index in [9.17, 15) is 10.1 Å². The molecule has 1 aliphatic heterocycles. The second-order valence-electron chi connectivity index (χ2n) is 7.43. The van der Waals surface area contributed by atoms with Gasteiger partial charge in [-0.3, -0.25) is 15.1 Å². The number of thioether (sulfide) groups is 1.